The van der Waals surface area contributed by atoms with Crippen LogP contribution in [0.1, 0.15) is 0 Å². The number of rotatable bonds is 2. The Hall–Kier alpha value is -0.550. The first-order chi connectivity index (χ1) is 10.6. The van der Waals surface area contributed by atoms with Gasteiger partial charge in [-0.3, -0.25) is 0 Å². The molecule has 0 aromatic carbocycles. The maximum Gasteiger partial charge on any atom is 0.448 e. The molecule has 1 saturated heterocycles. The third-order valence-electron chi connectivity index (χ3n) is 3.07. The summed E-state index contributed by atoms with van der Waals surface area (Å²) in [6.07, 6.45) is -7.45. The number of carboxylic acid groups (broad SMARTS) is 1. The molecule has 0 spiro atoms. The number of aliphatic carboxylic acids is 1. The van der Waals surface area contributed by atoms with E-state index in [2.05, 4.69) is 0 Å². The molecule has 1 fully saturated rings. The molecule has 18 heteroatoms. The SMILES string of the molecule is O=C(O)C(F)(N1C(F)(F)C(F)(F)C(F)(F)C(F)(F)C1(F)F)C(F)(F)F.[Na]. The van der Waals surface area contributed by atoms with Gasteiger partial charge in [0.25, 0.3) is 0 Å². The number of carboxylic acids is 1. The molecule has 0 aromatic heterocycles. The molecule has 3 nitrogen and oxygen atoms in total. The monoisotopic (exact) mass is 432 g/mol. The maximum atomic E-state index is 13.6. The smallest absolute Gasteiger partial charge is 0.448 e. The minimum Gasteiger partial charge on any atom is -0.478 e. The standard InChI is InChI=1S/C8HF14NO2.Na/c9-2(1(24)25,6(16,17)18)23-7(19,20)4(12,13)3(10,11)5(14,15)8(23,21)22;/h(H,24,25);. The Morgan fingerprint density at radius 3 is 1.15 bits per heavy atom. The second-order valence-corrected chi connectivity index (χ2v) is 4.57. The fourth-order valence-corrected chi connectivity index (χ4v) is 1.76. The molecular formula is C8HF14NNaO2. The molecule has 1 aliphatic rings. The van der Waals surface area contributed by atoms with E-state index >= 15 is 0 Å². The Morgan fingerprint density at radius 1 is 0.692 bits per heavy atom. The number of halogens is 14. The number of carbonyl (C=O) groups is 1. The van der Waals surface area contributed by atoms with Crippen LogP contribution in [-0.4, -0.2) is 87.4 Å². The van der Waals surface area contributed by atoms with Gasteiger partial charge in [-0.15, -0.1) is 4.90 Å². The molecule has 0 bridgehead atoms. The molecule has 1 rings (SSSR count). The fraction of sp³-hybridized carbons (Fsp3) is 0.875. The molecule has 1 N–H and O–H groups in total. The average molecular weight is 432 g/mol. The van der Waals surface area contributed by atoms with Crippen LogP contribution in [0.25, 0.3) is 0 Å². The maximum absolute atomic E-state index is 13.6. The zero-order valence-electron chi connectivity index (χ0n) is 11.6. The Bertz CT molecular complexity index is 558. The van der Waals surface area contributed by atoms with Gasteiger partial charge in [0.1, 0.15) is 0 Å². The quantitative estimate of drug-likeness (QED) is 0.414. The predicted molar refractivity (Wildman–Crippen MR) is 49.9 cm³/mol. The number of hydrogen-bond donors (Lipinski definition) is 1. The largest absolute Gasteiger partial charge is 0.478 e. The average Bonchev–Trinajstić information content (AvgIpc) is 2.34. The summed E-state index contributed by atoms with van der Waals surface area (Å²) in [5, 5.41) is 7.97. The molecule has 1 unspecified atom stereocenters. The van der Waals surface area contributed by atoms with Crippen LogP contribution in [0.5, 0.6) is 0 Å². The van der Waals surface area contributed by atoms with E-state index in [1.165, 1.54) is 0 Å². The van der Waals surface area contributed by atoms with Gasteiger partial charge < -0.3 is 5.11 Å². The zero-order valence-corrected chi connectivity index (χ0v) is 13.6. The minimum atomic E-state index is -7.73. The van der Waals surface area contributed by atoms with Gasteiger partial charge in [0, 0.05) is 29.6 Å². The second-order valence-electron chi connectivity index (χ2n) is 4.57. The van der Waals surface area contributed by atoms with Crippen molar-refractivity contribution < 1.29 is 71.4 Å². The van der Waals surface area contributed by atoms with Gasteiger partial charge in [-0.25, -0.2) is 9.18 Å². The van der Waals surface area contributed by atoms with Gasteiger partial charge in [0.15, 0.2) is 0 Å². The van der Waals surface area contributed by atoms with Gasteiger partial charge in [-0.05, 0) is 0 Å². The van der Waals surface area contributed by atoms with Crippen LogP contribution in [0.4, 0.5) is 61.5 Å². The van der Waals surface area contributed by atoms with E-state index in [0.717, 1.165) is 0 Å². The predicted octanol–water partition coefficient (Wildman–Crippen LogP) is 3.33. The number of alkyl halides is 14. The molecule has 1 radical (unpaired) electrons. The fourth-order valence-electron chi connectivity index (χ4n) is 1.76. The van der Waals surface area contributed by atoms with Crippen LogP contribution in [0, 0.1) is 0 Å². The molecule has 1 atom stereocenters. The normalized spacial score (nSPS) is 28.5. The van der Waals surface area contributed by atoms with E-state index in [0.29, 0.717) is 0 Å². The molecular weight excluding hydrogens is 431 g/mol. The Morgan fingerprint density at radius 2 is 0.962 bits per heavy atom. The van der Waals surface area contributed by atoms with Crippen molar-refractivity contribution in [1.29, 1.82) is 0 Å². The molecule has 0 aromatic rings. The molecule has 1 aliphatic heterocycles. The summed E-state index contributed by atoms with van der Waals surface area (Å²) in [5.41, 5.74) is 0. The third kappa shape index (κ3) is 2.52. The van der Waals surface area contributed by atoms with E-state index in [9.17, 15) is 66.3 Å². The Balaban J connectivity index is 0.00000625. The Kier molecular flexibility index (Phi) is 5.85. The van der Waals surface area contributed by atoms with Gasteiger partial charge >= 0.3 is 47.8 Å². The molecule has 1 heterocycles. The summed E-state index contributed by atoms with van der Waals surface area (Å²) in [6, 6.07) is -15.4. The number of piperidine rings is 1. The number of nitrogens with zero attached hydrogens (tertiary/aromatic N) is 1. The van der Waals surface area contributed by atoms with Crippen molar-refractivity contribution in [2.24, 2.45) is 0 Å². The van der Waals surface area contributed by atoms with E-state index in [4.69, 9.17) is 5.11 Å². The van der Waals surface area contributed by atoms with E-state index in [1.807, 2.05) is 0 Å². The van der Waals surface area contributed by atoms with Crippen molar-refractivity contribution in [3.63, 3.8) is 0 Å². The molecule has 0 saturated carbocycles. The summed E-state index contributed by atoms with van der Waals surface area (Å²) in [4.78, 5) is 6.14. The molecule has 149 valence electrons. The zero-order chi connectivity index (χ0) is 20.7. The van der Waals surface area contributed by atoms with E-state index in [-0.39, 0.29) is 29.6 Å². The van der Waals surface area contributed by atoms with Crippen LogP contribution in [-0.2, 0) is 4.79 Å². The topological polar surface area (TPSA) is 40.5 Å². The van der Waals surface area contributed by atoms with Gasteiger partial charge in [-0.2, -0.15) is 57.1 Å². The Labute approximate surface area is 154 Å². The van der Waals surface area contributed by atoms with Crippen LogP contribution < -0.4 is 0 Å². The van der Waals surface area contributed by atoms with Gasteiger partial charge in [-0.1, -0.05) is 0 Å². The molecule has 0 amide bonds. The van der Waals surface area contributed by atoms with Crippen molar-refractivity contribution in [2.45, 2.75) is 41.8 Å². The molecule has 26 heavy (non-hydrogen) atoms. The summed E-state index contributed by atoms with van der Waals surface area (Å²) < 4.78 is 181. The number of hydrogen-bond acceptors (Lipinski definition) is 2. The van der Waals surface area contributed by atoms with Crippen LogP contribution in [0.2, 0.25) is 0 Å². The van der Waals surface area contributed by atoms with E-state index in [1.54, 1.807) is 0 Å². The van der Waals surface area contributed by atoms with Crippen LogP contribution >= 0.6 is 0 Å². The van der Waals surface area contributed by atoms with Crippen molar-refractivity contribution in [3.8, 4) is 0 Å². The first kappa shape index (κ1) is 25.4. The third-order valence-corrected chi connectivity index (χ3v) is 3.07. The minimum absolute atomic E-state index is 0. The first-order valence-electron chi connectivity index (χ1n) is 5.24. The second kappa shape index (κ2) is 5.97. The molecule has 0 aliphatic carbocycles. The van der Waals surface area contributed by atoms with Crippen molar-refractivity contribution in [2.75, 3.05) is 0 Å². The van der Waals surface area contributed by atoms with Crippen LogP contribution in [0.15, 0.2) is 0 Å². The van der Waals surface area contributed by atoms with Gasteiger partial charge in [0.05, 0.1) is 0 Å². The summed E-state index contributed by atoms with van der Waals surface area (Å²) >= 11 is 0. The summed E-state index contributed by atoms with van der Waals surface area (Å²) in [7, 11) is 0. The van der Waals surface area contributed by atoms with Crippen molar-refractivity contribution in [1.82, 2.24) is 4.90 Å². The van der Waals surface area contributed by atoms with Crippen LogP contribution in [0.3, 0.4) is 0 Å². The summed E-state index contributed by atoms with van der Waals surface area (Å²) in [5.74, 6) is -34.8. The summed E-state index contributed by atoms with van der Waals surface area (Å²) in [6.45, 7) is 0. The van der Waals surface area contributed by atoms with Crippen molar-refractivity contribution >= 4 is 35.5 Å². The van der Waals surface area contributed by atoms with Crippen molar-refractivity contribution in [3.05, 3.63) is 0 Å². The van der Waals surface area contributed by atoms with E-state index < -0.39 is 52.7 Å². The first-order valence-corrected chi connectivity index (χ1v) is 5.24. The number of likely N-dealkylation sites (tertiary alicyclic amines) is 1. The van der Waals surface area contributed by atoms with Gasteiger partial charge in [0.2, 0.25) is 0 Å².